The first kappa shape index (κ1) is 15.9. The highest BCUT2D eigenvalue weighted by Crippen LogP contribution is 2.16. The van der Waals surface area contributed by atoms with Crippen LogP contribution in [0.3, 0.4) is 0 Å². The van der Waals surface area contributed by atoms with Gasteiger partial charge in [-0.05, 0) is 38.0 Å². The van der Waals surface area contributed by atoms with E-state index in [1.54, 1.807) is 0 Å². The molecule has 2 atom stereocenters. The smallest absolute Gasteiger partial charge is 0.270 e. The maximum atomic E-state index is 12.8. The SMILES string of the molecule is CC(C)(O)C(Cc1ccc(F)cc1)NC(=O)C(F)Cl. The van der Waals surface area contributed by atoms with E-state index in [9.17, 15) is 18.7 Å². The molecule has 0 aliphatic carbocycles. The zero-order valence-electron chi connectivity index (χ0n) is 10.7. The fraction of sp³-hybridized carbons (Fsp3) is 0.462. The lowest BCUT2D eigenvalue weighted by atomic mass is 9.92. The summed E-state index contributed by atoms with van der Waals surface area (Å²) in [5.74, 6) is -1.38. The maximum absolute atomic E-state index is 12.8. The van der Waals surface area contributed by atoms with Gasteiger partial charge in [-0.2, -0.15) is 0 Å². The highest BCUT2D eigenvalue weighted by Gasteiger charge is 2.30. The molecular formula is C13H16ClF2NO2. The Morgan fingerprint density at radius 1 is 1.42 bits per heavy atom. The summed E-state index contributed by atoms with van der Waals surface area (Å²) in [6.45, 7) is 2.98. The summed E-state index contributed by atoms with van der Waals surface area (Å²) in [7, 11) is 0. The number of carbonyl (C=O) groups is 1. The minimum absolute atomic E-state index is 0.235. The van der Waals surface area contributed by atoms with Gasteiger partial charge in [0.2, 0.25) is 0 Å². The number of benzene rings is 1. The molecule has 0 aliphatic heterocycles. The lowest BCUT2D eigenvalue weighted by molar-refractivity contribution is -0.125. The number of carbonyl (C=O) groups excluding carboxylic acids is 1. The second-order valence-electron chi connectivity index (χ2n) is 4.85. The highest BCUT2D eigenvalue weighted by atomic mass is 35.5. The molecule has 0 fully saturated rings. The lowest BCUT2D eigenvalue weighted by Crippen LogP contribution is -2.51. The molecule has 0 aliphatic rings. The molecule has 19 heavy (non-hydrogen) atoms. The van der Waals surface area contributed by atoms with E-state index in [0.29, 0.717) is 5.56 Å². The number of halogens is 3. The molecule has 0 bridgehead atoms. The van der Waals surface area contributed by atoms with Crippen LogP contribution in [-0.2, 0) is 11.2 Å². The van der Waals surface area contributed by atoms with Crippen LogP contribution in [0, 0.1) is 5.82 Å². The first-order valence-corrected chi connectivity index (χ1v) is 6.19. The number of alkyl halides is 2. The monoisotopic (exact) mass is 291 g/mol. The molecule has 0 saturated heterocycles. The van der Waals surface area contributed by atoms with Gasteiger partial charge in [0.1, 0.15) is 5.82 Å². The largest absolute Gasteiger partial charge is 0.388 e. The maximum Gasteiger partial charge on any atom is 0.270 e. The Morgan fingerprint density at radius 2 is 1.95 bits per heavy atom. The van der Waals surface area contributed by atoms with Crippen molar-refractivity contribution in [2.45, 2.75) is 37.5 Å². The van der Waals surface area contributed by atoms with Crippen LogP contribution in [0.5, 0.6) is 0 Å². The van der Waals surface area contributed by atoms with Crippen molar-refractivity contribution in [3.63, 3.8) is 0 Å². The average molecular weight is 292 g/mol. The number of nitrogens with one attached hydrogen (secondary N) is 1. The number of amides is 1. The van der Waals surface area contributed by atoms with Crippen molar-refractivity contribution >= 4 is 17.5 Å². The summed E-state index contributed by atoms with van der Waals surface area (Å²) in [6, 6.07) is 4.89. The molecule has 1 amide bonds. The van der Waals surface area contributed by atoms with Gasteiger partial charge < -0.3 is 10.4 Å². The summed E-state index contributed by atoms with van der Waals surface area (Å²) in [5, 5.41) is 12.3. The number of hydrogen-bond donors (Lipinski definition) is 2. The summed E-state index contributed by atoms with van der Waals surface area (Å²) in [6.07, 6.45) is 0.235. The van der Waals surface area contributed by atoms with Crippen LogP contribution in [-0.4, -0.2) is 28.3 Å². The van der Waals surface area contributed by atoms with E-state index in [1.807, 2.05) is 0 Å². The van der Waals surface area contributed by atoms with Crippen molar-refractivity contribution < 1.29 is 18.7 Å². The van der Waals surface area contributed by atoms with Crippen molar-refractivity contribution in [1.82, 2.24) is 5.32 Å². The number of aliphatic hydroxyl groups is 1. The molecule has 0 spiro atoms. The van der Waals surface area contributed by atoms with Gasteiger partial charge in [-0.15, -0.1) is 0 Å². The number of hydrogen-bond acceptors (Lipinski definition) is 2. The van der Waals surface area contributed by atoms with Crippen LogP contribution < -0.4 is 5.32 Å². The summed E-state index contributed by atoms with van der Waals surface area (Å²) in [4.78, 5) is 11.3. The molecule has 2 N–H and O–H groups in total. The van der Waals surface area contributed by atoms with Gasteiger partial charge in [-0.1, -0.05) is 23.7 Å². The molecule has 1 aromatic carbocycles. The van der Waals surface area contributed by atoms with Crippen molar-refractivity contribution in [3.8, 4) is 0 Å². The van der Waals surface area contributed by atoms with E-state index >= 15 is 0 Å². The molecule has 3 nitrogen and oxygen atoms in total. The predicted molar refractivity (Wildman–Crippen MR) is 69.1 cm³/mol. The molecule has 0 saturated carbocycles. The topological polar surface area (TPSA) is 49.3 Å². The summed E-state index contributed by atoms with van der Waals surface area (Å²) < 4.78 is 25.4. The molecule has 0 radical (unpaired) electrons. The fourth-order valence-electron chi connectivity index (χ4n) is 1.57. The zero-order valence-corrected chi connectivity index (χ0v) is 11.4. The first-order valence-electron chi connectivity index (χ1n) is 5.75. The molecule has 1 aromatic rings. The highest BCUT2D eigenvalue weighted by molar-refractivity contribution is 6.29. The van der Waals surface area contributed by atoms with Gasteiger partial charge in [0.05, 0.1) is 11.6 Å². The molecule has 0 aromatic heterocycles. The van der Waals surface area contributed by atoms with Gasteiger partial charge in [0.25, 0.3) is 11.5 Å². The minimum atomic E-state index is -2.17. The molecular weight excluding hydrogens is 276 g/mol. The van der Waals surface area contributed by atoms with Gasteiger partial charge in [-0.25, -0.2) is 8.78 Å². The Kier molecular flexibility index (Phi) is 5.26. The van der Waals surface area contributed by atoms with Crippen molar-refractivity contribution in [1.29, 1.82) is 0 Å². The normalized spacial score (nSPS) is 14.8. The summed E-state index contributed by atoms with van der Waals surface area (Å²) >= 11 is 5.04. The quantitative estimate of drug-likeness (QED) is 0.817. The van der Waals surface area contributed by atoms with Gasteiger partial charge >= 0.3 is 0 Å². The van der Waals surface area contributed by atoms with Gasteiger partial charge in [-0.3, -0.25) is 4.79 Å². The van der Waals surface area contributed by atoms with Crippen molar-refractivity contribution in [2.75, 3.05) is 0 Å². The third kappa shape index (κ3) is 5.12. The molecule has 6 heteroatoms. The molecule has 106 valence electrons. The summed E-state index contributed by atoms with van der Waals surface area (Å²) in [5.41, 5.74) is -2.73. The minimum Gasteiger partial charge on any atom is -0.388 e. The first-order chi connectivity index (χ1) is 8.70. The average Bonchev–Trinajstić information content (AvgIpc) is 2.29. The Bertz CT molecular complexity index is 429. The zero-order chi connectivity index (χ0) is 14.6. The molecule has 0 heterocycles. The standard InChI is InChI=1S/C13H16ClF2NO2/c1-13(2,19)10(17-12(18)11(14)16)7-8-3-5-9(15)6-4-8/h3-6,10-11,19H,7H2,1-2H3,(H,17,18). The van der Waals surface area contributed by atoms with Crippen molar-refractivity contribution in [3.05, 3.63) is 35.6 Å². The van der Waals surface area contributed by atoms with Gasteiger partial charge in [0, 0.05) is 0 Å². The second-order valence-corrected chi connectivity index (χ2v) is 5.23. The second kappa shape index (κ2) is 6.30. The van der Waals surface area contributed by atoms with Crippen LogP contribution in [0.4, 0.5) is 8.78 Å². The molecule has 2 unspecified atom stereocenters. The van der Waals surface area contributed by atoms with E-state index in [1.165, 1.54) is 38.1 Å². The van der Waals surface area contributed by atoms with Crippen molar-refractivity contribution in [2.24, 2.45) is 0 Å². The van der Waals surface area contributed by atoms with Gasteiger partial charge in [0.15, 0.2) is 0 Å². The third-order valence-electron chi connectivity index (χ3n) is 2.72. The van der Waals surface area contributed by atoms with E-state index < -0.39 is 23.2 Å². The fourth-order valence-corrected chi connectivity index (χ4v) is 1.63. The predicted octanol–water partition coefficient (Wildman–Crippen LogP) is 2.16. The van der Waals surface area contributed by atoms with E-state index in [2.05, 4.69) is 5.32 Å². The Hall–Kier alpha value is -1.20. The lowest BCUT2D eigenvalue weighted by Gasteiger charge is -2.30. The number of rotatable bonds is 5. The van der Waals surface area contributed by atoms with E-state index in [-0.39, 0.29) is 12.2 Å². The van der Waals surface area contributed by atoms with Crippen LogP contribution >= 0.6 is 11.6 Å². The van der Waals surface area contributed by atoms with Crippen LogP contribution in [0.2, 0.25) is 0 Å². The van der Waals surface area contributed by atoms with Crippen LogP contribution in [0.1, 0.15) is 19.4 Å². The molecule has 1 rings (SSSR count). The Balaban J connectivity index is 2.81. The Labute approximate surface area is 115 Å². The Morgan fingerprint density at radius 3 is 2.37 bits per heavy atom. The third-order valence-corrected chi connectivity index (χ3v) is 2.92. The van der Waals surface area contributed by atoms with E-state index in [0.717, 1.165) is 0 Å². The van der Waals surface area contributed by atoms with E-state index in [4.69, 9.17) is 11.6 Å². The van der Waals surface area contributed by atoms with Crippen LogP contribution in [0.25, 0.3) is 0 Å². The van der Waals surface area contributed by atoms with Crippen LogP contribution in [0.15, 0.2) is 24.3 Å².